The molecule has 0 aromatic heterocycles. The highest BCUT2D eigenvalue weighted by molar-refractivity contribution is 6.10. The summed E-state index contributed by atoms with van der Waals surface area (Å²) in [6, 6.07) is 7.89. The minimum Gasteiger partial charge on any atom is -0.494 e. The van der Waals surface area contributed by atoms with Crippen molar-refractivity contribution in [2.45, 2.75) is 12.5 Å². The van der Waals surface area contributed by atoms with Crippen LogP contribution in [0.5, 0.6) is 5.75 Å². The molecule has 0 spiro atoms. The SMILES string of the molecule is COc1cc([N+](=O)[O-])ccc1NC(=O)CN1C(=O)NC(C)(c2ccc(F)cc2)C1=O. The van der Waals surface area contributed by atoms with Gasteiger partial charge in [-0.1, -0.05) is 12.1 Å². The topological polar surface area (TPSA) is 131 Å². The van der Waals surface area contributed by atoms with Crippen molar-refractivity contribution in [3.63, 3.8) is 0 Å². The fourth-order valence-corrected chi connectivity index (χ4v) is 3.05. The molecule has 0 radical (unpaired) electrons. The Bertz CT molecular complexity index is 1040. The largest absolute Gasteiger partial charge is 0.494 e. The molecule has 2 aromatic carbocycles. The van der Waals surface area contributed by atoms with Crippen molar-refractivity contribution in [1.29, 1.82) is 0 Å². The number of nitrogens with zero attached hydrogens (tertiary/aromatic N) is 2. The molecule has 2 N–H and O–H groups in total. The predicted molar refractivity (Wildman–Crippen MR) is 102 cm³/mol. The van der Waals surface area contributed by atoms with Gasteiger partial charge in [-0.15, -0.1) is 0 Å². The lowest BCUT2D eigenvalue weighted by Gasteiger charge is -2.22. The molecule has 0 bridgehead atoms. The molecular weight excluding hydrogens is 399 g/mol. The molecule has 11 heteroatoms. The van der Waals surface area contributed by atoms with Crippen molar-refractivity contribution in [3.05, 3.63) is 64.0 Å². The first kappa shape index (κ1) is 20.7. The number of carbonyl (C=O) groups excluding carboxylic acids is 3. The highest BCUT2D eigenvalue weighted by Gasteiger charge is 2.49. The zero-order valence-electron chi connectivity index (χ0n) is 16.0. The average Bonchev–Trinajstić information content (AvgIpc) is 2.92. The number of methoxy groups -OCH3 is 1. The van der Waals surface area contributed by atoms with Crippen molar-refractivity contribution in [1.82, 2.24) is 10.2 Å². The molecule has 30 heavy (non-hydrogen) atoms. The standard InChI is InChI=1S/C19H17FN4O6/c1-19(11-3-5-12(20)6-4-11)17(26)23(18(27)22-19)10-16(25)21-14-8-7-13(24(28)29)9-15(14)30-2/h3-9H,10H2,1-2H3,(H,21,25)(H,22,27). The smallest absolute Gasteiger partial charge is 0.325 e. The van der Waals surface area contributed by atoms with Crippen molar-refractivity contribution in [3.8, 4) is 5.75 Å². The monoisotopic (exact) mass is 416 g/mol. The summed E-state index contributed by atoms with van der Waals surface area (Å²) in [6.07, 6.45) is 0. The number of amides is 4. The van der Waals surface area contributed by atoms with Crippen LogP contribution in [0.25, 0.3) is 0 Å². The van der Waals surface area contributed by atoms with Crippen LogP contribution in [0.2, 0.25) is 0 Å². The molecule has 3 rings (SSSR count). The number of nitrogens with one attached hydrogen (secondary N) is 2. The van der Waals surface area contributed by atoms with E-state index in [-0.39, 0.29) is 17.1 Å². The van der Waals surface area contributed by atoms with Gasteiger partial charge in [-0.25, -0.2) is 9.18 Å². The van der Waals surface area contributed by atoms with E-state index in [1.165, 1.54) is 38.3 Å². The number of ether oxygens (including phenoxy) is 1. The molecule has 1 fully saturated rings. The third kappa shape index (κ3) is 3.77. The maximum Gasteiger partial charge on any atom is 0.325 e. The van der Waals surface area contributed by atoms with Gasteiger partial charge < -0.3 is 15.4 Å². The summed E-state index contributed by atoms with van der Waals surface area (Å²) in [5, 5.41) is 15.8. The van der Waals surface area contributed by atoms with Crippen molar-refractivity contribution >= 4 is 29.2 Å². The number of halogens is 1. The van der Waals surface area contributed by atoms with Gasteiger partial charge in [0.1, 0.15) is 23.7 Å². The third-order valence-electron chi connectivity index (χ3n) is 4.67. The number of nitro benzene ring substituents is 1. The van der Waals surface area contributed by atoms with Gasteiger partial charge in [0.15, 0.2) is 0 Å². The molecule has 1 saturated heterocycles. The van der Waals surface area contributed by atoms with Crippen LogP contribution in [-0.2, 0) is 15.1 Å². The van der Waals surface area contributed by atoms with E-state index < -0.39 is 40.7 Å². The highest BCUT2D eigenvalue weighted by atomic mass is 19.1. The second kappa shape index (κ2) is 7.78. The summed E-state index contributed by atoms with van der Waals surface area (Å²) < 4.78 is 18.2. The molecule has 156 valence electrons. The van der Waals surface area contributed by atoms with Crippen LogP contribution >= 0.6 is 0 Å². The second-order valence-corrected chi connectivity index (χ2v) is 6.64. The Morgan fingerprint density at radius 1 is 1.27 bits per heavy atom. The van der Waals surface area contributed by atoms with Crippen LogP contribution in [-0.4, -0.2) is 41.3 Å². The van der Waals surface area contributed by atoms with Gasteiger partial charge in [0.25, 0.3) is 11.6 Å². The first-order valence-electron chi connectivity index (χ1n) is 8.68. The molecule has 1 heterocycles. The number of benzene rings is 2. The lowest BCUT2D eigenvalue weighted by atomic mass is 9.92. The summed E-state index contributed by atoms with van der Waals surface area (Å²) in [7, 11) is 1.28. The summed E-state index contributed by atoms with van der Waals surface area (Å²) in [6.45, 7) is 0.860. The van der Waals surface area contributed by atoms with E-state index >= 15 is 0 Å². The molecule has 1 aliphatic heterocycles. The van der Waals surface area contributed by atoms with Gasteiger partial charge >= 0.3 is 6.03 Å². The molecule has 1 aliphatic rings. The van der Waals surface area contributed by atoms with Gasteiger partial charge in [-0.2, -0.15) is 0 Å². The zero-order chi connectivity index (χ0) is 22.1. The van der Waals surface area contributed by atoms with Gasteiger partial charge in [0.05, 0.1) is 23.8 Å². The number of hydrogen-bond donors (Lipinski definition) is 2. The Balaban J connectivity index is 1.76. The van der Waals surface area contributed by atoms with E-state index in [0.29, 0.717) is 5.56 Å². The highest BCUT2D eigenvalue weighted by Crippen LogP contribution is 2.30. The molecule has 4 amide bonds. The lowest BCUT2D eigenvalue weighted by Crippen LogP contribution is -2.42. The van der Waals surface area contributed by atoms with E-state index in [9.17, 15) is 28.9 Å². The van der Waals surface area contributed by atoms with E-state index in [0.717, 1.165) is 23.1 Å². The number of urea groups is 1. The van der Waals surface area contributed by atoms with Crippen molar-refractivity contribution in [2.75, 3.05) is 19.0 Å². The van der Waals surface area contributed by atoms with Crippen LogP contribution < -0.4 is 15.4 Å². The van der Waals surface area contributed by atoms with Crippen LogP contribution in [0.3, 0.4) is 0 Å². The summed E-state index contributed by atoms with van der Waals surface area (Å²) in [5.74, 6) is -1.84. The van der Waals surface area contributed by atoms with Crippen LogP contribution in [0.4, 0.5) is 20.6 Å². The maximum atomic E-state index is 13.2. The normalized spacial score (nSPS) is 18.2. The molecule has 0 saturated carbocycles. The third-order valence-corrected chi connectivity index (χ3v) is 4.67. The Kier molecular flexibility index (Phi) is 5.37. The quantitative estimate of drug-likeness (QED) is 0.421. The fraction of sp³-hybridized carbons (Fsp3) is 0.211. The van der Waals surface area contributed by atoms with Crippen LogP contribution in [0, 0.1) is 15.9 Å². The van der Waals surface area contributed by atoms with E-state index in [2.05, 4.69) is 10.6 Å². The van der Waals surface area contributed by atoms with Crippen LogP contribution in [0.1, 0.15) is 12.5 Å². The first-order chi connectivity index (χ1) is 14.2. The van der Waals surface area contributed by atoms with E-state index in [1.807, 2.05) is 0 Å². The minimum absolute atomic E-state index is 0.0471. The van der Waals surface area contributed by atoms with E-state index in [1.54, 1.807) is 0 Å². The molecule has 2 aromatic rings. The number of anilines is 1. The molecule has 1 unspecified atom stereocenters. The zero-order valence-corrected chi connectivity index (χ0v) is 16.0. The van der Waals surface area contributed by atoms with Crippen LogP contribution in [0.15, 0.2) is 42.5 Å². The Labute approximate surface area is 169 Å². The van der Waals surface area contributed by atoms with Gasteiger partial charge in [-0.3, -0.25) is 24.6 Å². The van der Waals surface area contributed by atoms with E-state index in [4.69, 9.17) is 4.74 Å². The number of carbonyl (C=O) groups is 3. The Morgan fingerprint density at radius 2 is 1.93 bits per heavy atom. The lowest BCUT2D eigenvalue weighted by molar-refractivity contribution is -0.384. The number of hydrogen-bond acceptors (Lipinski definition) is 6. The van der Waals surface area contributed by atoms with Crippen molar-refractivity contribution < 1.29 is 28.4 Å². The maximum absolute atomic E-state index is 13.2. The second-order valence-electron chi connectivity index (χ2n) is 6.64. The van der Waals surface area contributed by atoms with Gasteiger partial charge in [0.2, 0.25) is 5.91 Å². The number of imide groups is 1. The average molecular weight is 416 g/mol. The first-order valence-corrected chi connectivity index (χ1v) is 8.68. The predicted octanol–water partition coefficient (Wildman–Crippen LogP) is 2.15. The Morgan fingerprint density at radius 3 is 2.53 bits per heavy atom. The number of non-ortho nitro benzene ring substituents is 1. The minimum atomic E-state index is -1.45. The van der Waals surface area contributed by atoms with Gasteiger partial charge in [0, 0.05) is 6.07 Å². The number of rotatable bonds is 6. The number of nitro groups is 1. The van der Waals surface area contributed by atoms with Crippen molar-refractivity contribution in [2.24, 2.45) is 0 Å². The summed E-state index contributed by atoms with van der Waals surface area (Å²) in [4.78, 5) is 48.5. The van der Waals surface area contributed by atoms with Gasteiger partial charge in [-0.05, 0) is 30.7 Å². The molecule has 1 atom stereocenters. The summed E-state index contributed by atoms with van der Waals surface area (Å²) >= 11 is 0. The molecule has 10 nitrogen and oxygen atoms in total. The Hall–Kier alpha value is -4.02. The molecular formula is C19H17FN4O6. The molecule has 0 aliphatic carbocycles. The fourth-order valence-electron chi connectivity index (χ4n) is 3.05. The summed E-state index contributed by atoms with van der Waals surface area (Å²) in [5.41, 5.74) is -1.17.